The summed E-state index contributed by atoms with van der Waals surface area (Å²) in [5.41, 5.74) is 0.233. The maximum absolute atomic E-state index is 11.3. The van der Waals surface area contributed by atoms with Gasteiger partial charge in [0.05, 0.1) is 0 Å². The second-order valence-electron chi connectivity index (χ2n) is 4.41. The second kappa shape index (κ2) is 2.82. The summed E-state index contributed by atoms with van der Waals surface area (Å²) in [5, 5.41) is 8.84. The topological polar surface area (TPSA) is 54.4 Å². The van der Waals surface area contributed by atoms with Gasteiger partial charge in [-0.15, -0.1) is 0 Å². The molecule has 3 heteroatoms. The zero-order chi connectivity index (χ0) is 9.47. The summed E-state index contributed by atoms with van der Waals surface area (Å²) in [6.45, 7) is 0. The van der Waals surface area contributed by atoms with Gasteiger partial charge in [0.25, 0.3) is 0 Å². The van der Waals surface area contributed by atoms with Crippen LogP contribution in [0.4, 0.5) is 0 Å². The molecule has 1 atom stereocenters. The van der Waals surface area contributed by atoms with Gasteiger partial charge in [-0.25, -0.2) is 0 Å². The highest BCUT2D eigenvalue weighted by molar-refractivity contribution is 5.98. The lowest BCUT2D eigenvalue weighted by Crippen LogP contribution is -2.41. The van der Waals surface area contributed by atoms with E-state index in [4.69, 9.17) is 5.11 Å². The molecule has 2 fully saturated rings. The lowest BCUT2D eigenvalue weighted by atomic mass is 9.58. The number of hydrogen-bond acceptors (Lipinski definition) is 2. The monoisotopic (exact) mass is 182 g/mol. The van der Waals surface area contributed by atoms with Gasteiger partial charge in [0.15, 0.2) is 0 Å². The number of carbonyl (C=O) groups excluding carboxylic acids is 1. The largest absolute Gasteiger partial charge is 0.481 e. The molecule has 0 saturated heterocycles. The van der Waals surface area contributed by atoms with Crippen molar-refractivity contribution in [1.29, 1.82) is 0 Å². The maximum Gasteiger partial charge on any atom is 0.314 e. The van der Waals surface area contributed by atoms with Gasteiger partial charge in [-0.3, -0.25) is 9.59 Å². The van der Waals surface area contributed by atoms with Gasteiger partial charge in [-0.1, -0.05) is 6.42 Å². The normalized spacial score (nSPS) is 31.4. The molecule has 0 aromatic rings. The molecule has 0 heterocycles. The highest BCUT2D eigenvalue weighted by Crippen LogP contribution is 2.52. The van der Waals surface area contributed by atoms with E-state index < -0.39 is 11.9 Å². The van der Waals surface area contributed by atoms with E-state index in [2.05, 4.69) is 0 Å². The SMILES string of the molecule is O=C(O)[C@@H]1CC2(CCC2)CCC1=O. The minimum atomic E-state index is -0.920. The van der Waals surface area contributed by atoms with Crippen molar-refractivity contribution in [3.63, 3.8) is 0 Å². The van der Waals surface area contributed by atoms with E-state index in [1.165, 1.54) is 6.42 Å². The molecule has 0 amide bonds. The average molecular weight is 182 g/mol. The molecule has 0 bridgehead atoms. The number of hydrogen-bond donors (Lipinski definition) is 1. The summed E-state index contributed by atoms with van der Waals surface area (Å²) in [6.07, 6.45) is 5.47. The first-order valence-electron chi connectivity index (χ1n) is 4.89. The third kappa shape index (κ3) is 1.36. The molecule has 0 aromatic carbocycles. The standard InChI is InChI=1S/C10H14O3/c11-8-2-5-10(3-1-4-10)6-7(8)9(12)13/h7H,1-6H2,(H,12,13)/t7-/m1/s1. The molecule has 0 aromatic heterocycles. The Morgan fingerprint density at radius 1 is 1.38 bits per heavy atom. The van der Waals surface area contributed by atoms with Crippen molar-refractivity contribution in [2.45, 2.75) is 38.5 Å². The summed E-state index contributed by atoms with van der Waals surface area (Å²) in [6, 6.07) is 0. The predicted octanol–water partition coefficient (Wildman–Crippen LogP) is 1.61. The first-order valence-corrected chi connectivity index (χ1v) is 4.89. The lowest BCUT2D eigenvalue weighted by molar-refractivity contribution is -0.151. The van der Waals surface area contributed by atoms with Gasteiger partial charge < -0.3 is 5.11 Å². The number of Topliss-reactive ketones (excluding diaryl/α,β-unsaturated/α-hetero) is 1. The van der Waals surface area contributed by atoms with Gasteiger partial charge in [0.2, 0.25) is 0 Å². The van der Waals surface area contributed by atoms with Crippen LogP contribution in [0.25, 0.3) is 0 Å². The zero-order valence-corrected chi connectivity index (χ0v) is 7.58. The van der Waals surface area contributed by atoms with Crippen LogP contribution in [0.1, 0.15) is 38.5 Å². The summed E-state index contributed by atoms with van der Waals surface area (Å²) < 4.78 is 0. The Labute approximate surface area is 77.1 Å². The number of aliphatic carboxylic acids is 1. The van der Waals surface area contributed by atoms with Crippen molar-refractivity contribution in [3.05, 3.63) is 0 Å². The molecule has 1 N–H and O–H groups in total. The molecule has 0 aliphatic heterocycles. The molecule has 2 saturated carbocycles. The van der Waals surface area contributed by atoms with Crippen LogP contribution >= 0.6 is 0 Å². The lowest BCUT2D eigenvalue weighted by Gasteiger charge is -2.46. The third-order valence-corrected chi connectivity index (χ3v) is 3.64. The van der Waals surface area contributed by atoms with Crippen LogP contribution in [0.3, 0.4) is 0 Å². The van der Waals surface area contributed by atoms with Crippen molar-refractivity contribution in [2.24, 2.45) is 11.3 Å². The van der Waals surface area contributed by atoms with Gasteiger partial charge in [-0.2, -0.15) is 0 Å². The van der Waals surface area contributed by atoms with Gasteiger partial charge in [-0.05, 0) is 31.1 Å². The van der Waals surface area contributed by atoms with Crippen LogP contribution in [0.15, 0.2) is 0 Å². The molecule has 2 aliphatic carbocycles. The number of carboxylic acids is 1. The van der Waals surface area contributed by atoms with Gasteiger partial charge in [0.1, 0.15) is 11.7 Å². The number of carbonyl (C=O) groups is 2. The van der Waals surface area contributed by atoms with Crippen LogP contribution in [-0.4, -0.2) is 16.9 Å². The fourth-order valence-electron chi connectivity index (χ4n) is 2.57. The van der Waals surface area contributed by atoms with Crippen molar-refractivity contribution >= 4 is 11.8 Å². The van der Waals surface area contributed by atoms with E-state index in [9.17, 15) is 9.59 Å². The summed E-state index contributed by atoms with van der Waals surface area (Å²) in [4.78, 5) is 22.1. The van der Waals surface area contributed by atoms with E-state index >= 15 is 0 Å². The molecular formula is C10H14O3. The Balaban J connectivity index is 2.09. The molecule has 2 rings (SSSR count). The van der Waals surface area contributed by atoms with E-state index in [0.717, 1.165) is 19.3 Å². The Morgan fingerprint density at radius 2 is 2.08 bits per heavy atom. The Morgan fingerprint density at radius 3 is 2.54 bits per heavy atom. The Hall–Kier alpha value is -0.860. The number of carboxylic acid groups (broad SMARTS) is 1. The quantitative estimate of drug-likeness (QED) is 0.627. The van der Waals surface area contributed by atoms with Crippen molar-refractivity contribution in [3.8, 4) is 0 Å². The minimum absolute atomic E-state index is 0.0648. The van der Waals surface area contributed by atoms with Crippen LogP contribution < -0.4 is 0 Å². The fraction of sp³-hybridized carbons (Fsp3) is 0.800. The predicted molar refractivity (Wildman–Crippen MR) is 46.3 cm³/mol. The summed E-state index contributed by atoms with van der Waals surface area (Å²) in [7, 11) is 0. The van der Waals surface area contributed by atoms with E-state index in [0.29, 0.717) is 12.8 Å². The fourth-order valence-corrected chi connectivity index (χ4v) is 2.57. The van der Waals surface area contributed by atoms with E-state index in [-0.39, 0.29) is 11.2 Å². The first-order chi connectivity index (χ1) is 6.13. The maximum atomic E-state index is 11.3. The van der Waals surface area contributed by atoms with Crippen LogP contribution in [0.2, 0.25) is 0 Å². The number of rotatable bonds is 1. The smallest absolute Gasteiger partial charge is 0.314 e. The van der Waals surface area contributed by atoms with Crippen molar-refractivity contribution in [1.82, 2.24) is 0 Å². The van der Waals surface area contributed by atoms with Crippen LogP contribution in [0.5, 0.6) is 0 Å². The third-order valence-electron chi connectivity index (χ3n) is 3.64. The molecular weight excluding hydrogens is 168 g/mol. The Bertz CT molecular complexity index is 253. The molecule has 3 nitrogen and oxygen atoms in total. The number of ketones is 1. The molecule has 1 spiro atoms. The first kappa shape index (κ1) is 8.73. The second-order valence-corrected chi connectivity index (χ2v) is 4.41. The van der Waals surface area contributed by atoms with E-state index in [1.54, 1.807) is 0 Å². The zero-order valence-electron chi connectivity index (χ0n) is 7.58. The summed E-state index contributed by atoms with van der Waals surface area (Å²) in [5.74, 6) is -1.69. The summed E-state index contributed by atoms with van der Waals surface area (Å²) >= 11 is 0. The highest BCUT2D eigenvalue weighted by atomic mass is 16.4. The van der Waals surface area contributed by atoms with E-state index in [1.807, 2.05) is 0 Å². The van der Waals surface area contributed by atoms with Crippen molar-refractivity contribution in [2.75, 3.05) is 0 Å². The molecule has 0 unspecified atom stereocenters. The molecule has 2 aliphatic rings. The molecule has 0 radical (unpaired) electrons. The van der Waals surface area contributed by atoms with Crippen LogP contribution in [0, 0.1) is 11.3 Å². The average Bonchev–Trinajstić information content (AvgIpc) is 2.02. The molecule has 72 valence electrons. The molecule has 13 heavy (non-hydrogen) atoms. The Kier molecular flexibility index (Phi) is 1.90. The van der Waals surface area contributed by atoms with Gasteiger partial charge >= 0.3 is 5.97 Å². The minimum Gasteiger partial charge on any atom is -0.481 e. The highest BCUT2D eigenvalue weighted by Gasteiger charge is 2.46. The van der Waals surface area contributed by atoms with Crippen molar-refractivity contribution < 1.29 is 14.7 Å². The van der Waals surface area contributed by atoms with Gasteiger partial charge in [0, 0.05) is 6.42 Å². The van der Waals surface area contributed by atoms with Crippen LogP contribution in [-0.2, 0) is 9.59 Å².